The second-order valence-electron chi connectivity index (χ2n) is 6.32. The van der Waals surface area contributed by atoms with Gasteiger partial charge in [-0.05, 0) is 56.5 Å². The maximum absolute atomic E-state index is 12.1. The third kappa shape index (κ3) is 5.49. The van der Waals surface area contributed by atoms with Gasteiger partial charge in [-0.1, -0.05) is 35.4 Å². The molecule has 26 heavy (non-hydrogen) atoms. The number of carbonyl (C=O) groups excluding carboxylic acids is 2. The lowest BCUT2D eigenvalue weighted by molar-refractivity contribution is -0.125. The van der Waals surface area contributed by atoms with Crippen molar-refractivity contribution in [3.8, 4) is 5.75 Å². The topological polar surface area (TPSA) is 67.4 Å². The predicted molar refractivity (Wildman–Crippen MR) is 104 cm³/mol. The van der Waals surface area contributed by atoms with Crippen LogP contribution in [-0.2, 0) is 9.59 Å². The monoisotopic (exact) mass is 374 g/mol. The van der Waals surface area contributed by atoms with E-state index in [0.717, 1.165) is 27.9 Å². The number of hydrogen-bond donors (Lipinski definition) is 2. The summed E-state index contributed by atoms with van der Waals surface area (Å²) < 4.78 is 5.41. The maximum Gasteiger partial charge on any atom is 0.258 e. The quantitative estimate of drug-likeness (QED) is 0.810. The lowest BCUT2D eigenvalue weighted by Gasteiger charge is -2.13. The van der Waals surface area contributed by atoms with E-state index in [1.54, 1.807) is 12.1 Å². The van der Waals surface area contributed by atoms with Crippen molar-refractivity contribution in [2.75, 3.05) is 18.5 Å². The van der Waals surface area contributed by atoms with Crippen LogP contribution in [0.2, 0.25) is 5.02 Å². The lowest BCUT2D eigenvalue weighted by atomic mass is 10.1. The fourth-order valence-corrected chi connectivity index (χ4v) is 2.83. The molecule has 138 valence electrons. The molecule has 0 saturated heterocycles. The van der Waals surface area contributed by atoms with Crippen molar-refractivity contribution >= 4 is 29.1 Å². The molecule has 2 aromatic carbocycles. The first-order chi connectivity index (χ1) is 12.3. The SMILES string of the molecule is Cc1cc(C)c(NC(=O)CNC(=O)COc2cc(C)ccc2Cl)c(C)c1. The van der Waals surface area contributed by atoms with Gasteiger partial charge in [0.1, 0.15) is 5.75 Å². The van der Waals surface area contributed by atoms with Crippen LogP contribution in [0.1, 0.15) is 22.3 Å². The van der Waals surface area contributed by atoms with Crippen molar-refractivity contribution in [2.45, 2.75) is 27.7 Å². The number of carbonyl (C=O) groups is 2. The van der Waals surface area contributed by atoms with Crippen molar-refractivity contribution in [3.05, 3.63) is 57.6 Å². The highest BCUT2D eigenvalue weighted by Crippen LogP contribution is 2.25. The van der Waals surface area contributed by atoms with E-state index in [1.165, 1.54) is 0 Å². The third-order valence-electron chi connectivity index (χ3n) is 3.83. The van der Waals surface area contributed by atoms with E-state index in [-0.39, 0.29) is 19.1 Å². The summed E-state index contributed by atoms with van der Waals surface area (Å²) in [7, 11) is 0. The molecule has 0 spiro atoms. The van der Waals surface area contributed by atoms with E-state index in [1.807, 2.05) is 45.9 Å². The zero-order valence-electron chi connectivity index (χ0n) is 15.4. The van der Waals surface area contributed by atoms with Gasteiger partial charge in [0, 0.05) is 5.69 Å². The van der Waals surface area contributed by atoms with Crippen LogP contribution in [0.25, 0.3) is 0 Å². The summed E-state index contributed by atoms with van der Waals surface area (Å²) in [5, 5.41) is 5.81. The zero-order chi connectivity index (χ0) is 19.3. The minimum Gasteiger partial charge on any atom is -0.482 e. The number of halogens is 1. The predicted octanol–water partition coefficient (Wildman–Crippen LogP) is 3.71. The Morgan fingerprint density at radius 3 is 2.27 bits per heavy atom. The molecule has 0 aliphatic rings. The molecule has 5 nitrogen and oxygen atoms in total. The molecule has 2 aromatic rings. The summed E-state index contributed by atoms with van der Waals surface area (Å²) in [5.41, 5.74) is 4.86. The second kappa shape index (κ2) is 8.72. The van der Waals surface area contributed by atoms with Gasteiger partial charge in [-0.25, -0.2) is 0 Å². The molecule has 2 N–H and O–H groups in total. The highest BCUT2D eigenvalue weighted by Gasteiger charge is 2.11. The molecule has 0 unspecified atom stereocenters. The van der Waals surface area contributed by atoms with Crippen LogP contribution in [0.3, 0.4) is 0 Å². The molecule has 2 rings (SSSR count). The highest BCUT2D eigenvalue weighted by molar-refractivity contribution is 6.32. The molecule has 2 amide bonds. The number of anilines is 1. The standard InChI is InChI=1S/C20H23ClN2O3/c1-12-5-6-16(21)17(9-12)26-11-19(25)22-10-18(24)23-20-14(3)7-13(2)8-15(20)4/h5-9H,10-11H2,1-4H3,(H,22,25)(H,23,24). The number of benzene rings is 2. The average Bonchev–Trinajstić information content (AvgIpc) is 2.57. The van der Waals surface area contributed by atoms with Crippen molar-refractivity contribution in [3.63, 3.8) is 0 Å². The molecule has 0 heterocycles. The molecule has 0 saturated carbocycles. The zero-order valence-corrected chi connectivity index (χ0v) is 16.2. The van der Waals surface area contributed by atoms with Crippen LogP contribution in [-0.4, -0.2) is 25.0 Å². The van der Waals surface area contributed by atoms with Crippen LogP contribution in [0.15, 0.2) is 30.3 Å². The summed E-state index contributed by atoms with van der Waals surface area (Å²) in [6, 6.07) is 9.32. The Morgan fingerprint density at radius 1 is 0.962 bits per heavy atom. The molecule has 0 aromatic heterocycles. The average molecular weight is 375 g/mol. The number of amides is 2. The molecule has 0 atom stereocenters. The summed E-state index contributed by atoms with van der Waals surface area (Å²) >= 11 is 6.02. The highest BCUT2D eigenvalue weighted by atomic mass is 35.5. The first-order valence-corrected chi connectivity index (χ1v) is 8.67. The number of nitrogens with one attached hydrogen (secondary N) is 2. The fourth-order valence-electron chi connectivity index (χ4n) is 2.66. The number of rotatable bonds is 6. The van der Waals surface area contributed by atoms with Crippen LogP contribution in [0, 0.1) is 27.7 Å². The summed E-state index contributed by atoms with van der Waals surface area (Å²) in [4.78, 5) is 24.0. The summed E-state index contributed by atoms with van der Waals surface area (Å²) in [6.07, 6.45) is 0. The van der Waals surface area contributed by atoms with Crippen molar-refractivity contribution in [1.82, 2.24) is 5.32 Å². The Balaban J connectivity index is 1.84. The first-order valence-electron chi connectivity index (χ1n) is 8.29. The van der Waals surface area contributed by atoms with Crippen LogP contribution in [0.4, 0.5) is 5.69 Å². The van der Waals surface area contributed by atoms with Gasteiger partial charge in [-0.2, -0.15) is 0 Å². The Hall–Kier alpha value is -2.53. The second-order valence-corrected chi connectivity index (χ2v) is 6.73. The van der Waals surface area contributed by atoms with Gasteiger partial charge in [-0.15, -0.1) is 0 Å². The minimum absolute atomic E-state index is 0.128. The van der Waals surface area contributed by atoms with Crippen LogP contribution < -0.4 is 15.4 Å². The Bertz CT molecular complexity index is 811. The molecule has 0 aliphatic heterocycles. The van der Waals surface area contributed by atoms with Crippen molar-refractivity contribution in [1.29, 1.82) is 0 Å². The van der Waals surface area contributed by atoms with E-state index in [2.05, 4.69) is 10.6 Å². The largest absolute Gasteiger partial charge is 0.482 e. The number of aryl methyl sites for hydroxylation is 4. The smallest absolute Gasteiger partial charge is 0.258 e. The Morgan fingerprint density at radius 2 is 1.62 bits per heavy atom. The van der Waals surface area contributed by atoms with Crippen LogP contribution in [0.5, 0.6) is 5.75 Å². The fraction of sp³-hybridized carbons (Fsp3) is 0.300. The van der Waals surface area contributed by atoms with Gasteiger partial charge < -0.3 is 15.4 Å². The van der Waals surface area contributed by atoms with Crippen molar-refractivity contribution < 1.29 is 14.3 Å². The molecule has 6 heteroatoms. The van der Waals surface area contributed by atoms with Crippen LogP contribution >= 0.6 is 11.6 Å². The lowest BCUT2D eigenvalue weighted by Crippen LogP contribution is -2.36. The van der Waals surface area contributed by atoms with E-state index >= 15 is 0 Å². The number of hydrogen-bond acceptors (Lipinski definition) is 3. The maximum atomic E-state index is 12.1. The van der Waals surface area contributed by atoms with Gasteiger partial charge in [0.05, 0.1) is 11.6 Å². The van der Waals surface area contributed by atoms with Gasteiger partial charge in [0.15, 0.2) is 6.61 Å². The molecular formula is C20H23ClN2O3. The van der Waals surface area contributed by atoms with Crippen molar-refractivity contribution in [2.24, 2.45) is 0 Å². The molecule has 0 radical (unpaired) electrons. The van der Waals surface area contributed by atoms with E-state index < -0.39 is 5.91 Å². The third-order valence-corrected chi connectivity index (χ3v) is 4.15. The van der Waals surface area contributed by atoms with E-state index in [9.17, 15) is 9.59 Å². The molecule has 0 bridgehead atoms. The first kappa shape index (κ1) is 19.8. The summed E-state index contributed by atoms with van der Waals surface area (Å²) in [5.74, 6) is -0.241. The van der Waals surface area contributed by atoms with E-state index in [0.29, 0.717) is 10.8 Å². The molecule has 0 fully saturated rings. The Labute approximate surface area is 158 Å². The summed E-state index contributed by atoms with van der Waals surface area (Å²) in [6.45, 7) is 7.45. The van der Waals surface area contributed by atoms with E-state index in [4.69, 9.17) is 16.3 Å². The van der Waals surface area contributed by atoms with Gasteiger partial charge in [-0.3, -0.25) is 9.59 Å². The normalized spacial score (nSPS) is 10.3. The molecule has 0 aliphatic carbocycles. The van der Waals surface area contributed by atoms with Gasteiger partial charge in [0.2, 0.25) is 5.91 Å². The van der Waals surface area contributed by atoms with Gasteiger partial charge in [0.25, 0.3) is 5.91 Å². The molecular weight excluding hydrogens is 352 g/mol. The minimum atomic E-state index is -0.393. The number of ether oxygens (including phenoxy) is 1. The van der Waals surface area contributed by atoms with Gasteiger partial charge >= 0.3 is 0 Å². The Kier molecular flexibility index (Phi) is 6.64.